The summed E-state index contributed by atoms with van der Waals surface area (Å²) in [6.07, 6.45) is 0.207. The minimum atomic E-state index is -4.27. The van der Waals surface area contributed by atoms with E-state index in [0.717, 1.165) is 9.87 Å². The molecule has 11 heteroatoms. The molecule has 0 saturated heterocycles. The zero-order valence-corrected chi connectivity index (χ0v) is 28.0. The summed E-state index contributed by atoms with van der Waals surface area (Å²) >= 11 is 18.7. The Kier molecular flexibility index (Phi) is 11.9. The number of carbonyl (C=O) groups is 2. The minimum Gasteiger partial charge on any atom is -0.354 e. The van der Waals surface area contributed by atoms with E-state index in [2.05, 4.69) is 5.32 Å². The molecule has 0 aliphatic rings. The molecule has 45 heavy (non-hydrogen) atoms. The van der Waals surface area contributed by atoms with Crippen molar-refractivity contribution in [2.75, 3.05) is 17.4 Å². The van der Waals surface area contributed by atoms with Crippen LogP contribution >= 0.6 is 34.8 Å². The van der Waals surface area contributed by atoms with Gasteiger partial charge in [0, 0.05) is 34.6 Å². The van der Waals surface area contributed by atoms with E-state index in [0.29, 0.717) is 17.1 Å². The lowest BCUT2D eigenvalue weighted by molar-refractivity contribution is -0.140. The molecule has 0 aliphatic heterocycles. The van der Waals surface area contributed by atoms with Crippen LogP contribution in [0.3, 0.4) is 0 Å². The van der Waals surface area contributed by atoms with E-state index in [-0.39, 0.29) is 45.4 Å². The van der Waals surface area contributed by atoms with Gasteiger partial charge >= 0.3 is 0 Å². The van der Waals surface area contributed by atoms with Crippen molar-refractivity contribution in [1.29, 1.82) is 0 Å². The van der Waals surface area contributed by atoms with E-state index >= 15 is 0 Å². The molecule has 4 aromatic rings. The van der Waals surface area contributed by atoms with Gasteiger partial charge in [-0.3, -0.25) is 13.9 Å². The van der Waals surface area contributed by atoms with Crippen molar-refractivity contribution in [2.45, 2.75) is 37.8 Å². The molecule has 0 aliphatic carbocycles. The van der Waals surface area contributed by atoms with Crippen LogP contribution < -0.4 is 9.62 Å². The first-order valence-corrected chi connectivity index (χ1v) is 16.9. The van der Waals surface area contributed by atoms with E-state index in [1.807, 2.05) is 44.2 Å². The van der Waals surface area contributed by atoms with Gasteiger partial charge in [0.25, 0.3) is 10.0 Å². The van der Waals surface area contributed by atoms with Crippen LogP contribution in [0, 0.1) is 5.92 Å². The number of hydrogen-bond acceptors (Lipinski definition) is 4. The van der Waals surface area contributed by atoms with Crippen LogP contribution in [0.1, 0.15) is 25.0 Å². The number of halogens is 3. The van der Waals surface area contributed by atoms with Gasteiger partial charge in [-0.1, -0.05) is 109 Å². The predicted molar refractivity (Wildman–Crippen MR) is 181 cm³/mol. The standard InChI is InChI=1S/C34H34Cl3N3O4S/c1-24(2)21-38-34(42)32(17-25-9-5-3-6-10-25)39(22-26-13-15-27(35)16-14-26)33(41)23-40(30-19-28(36)18-29(37)20-30)45(43,44)31-11-7-4-8-12-31/h3-16,18-20,24,32H,17,21-23H2,1-2H3,(H,38,42)/t32-/m1/s1. The second kappa shape index (κ2) is 15.6. The fraction of sp³-hybridized carbons (Fsp3) is 0.235. The van der Waals surface area contributed by atoms with Crippen molar-refractivity contribution < 1.29 is 18.0 Å². The number of nitrogens with zero attached hydrogens (tertiary/aromatic N) is 2. The fourth-order valence-corrected chi connectivity index (χ4v) is 6.75. The molecule has 0 heterocycles. The number of rotatable bonds is 13. The highest BCUT2D eigenvalue weighted by Gasteiger charge is 2.34. The normalized spacial score (nSPS) is 12.0. The molecule has 0 fully saturated rings. The lowest BCUT2D eigenvalue weighted by atomic mass is 10.0. The summed E-state index contributed by atoms with van der Waals surface area (Å²) in [5, 5.41) is 3.89. The molecule has 0 unspecified atom stereocenters. The average molecular weight is 687 g/mol. The average Bonchev–Trinajstić information content (AvgIpc) is 3.01. The third kappa shape index (κ3) is 9.47. The SMILES string of the molecule is CC(C)CNC(=O)[C@@H](Cc1ccccc1)N(Cc1ccc(Cl)cc1)C(=O)CN(c1cc(Cl)cc(Cl)c1)S(=O)(=O)c1ccccc1. The van der Waals surface area contributed by atoms with Gasteiger partial charge in [0.15, 0.2) is 0 Å². The summed E-state index contributed by atoms with van der Waals surface area (Å²) in [5.41, 5.74) is 1.66. The Hall–Kier alpha value is -3.56. The van der Waals surface area contributed by atoms with E-state index < -0.39 is 28.5 Å². The Labute approximate surface area is 279 Å². The number of nitrogens with one attached hydrogen (secondary N) is 1. The largest absolute Gasteiger partial charge is 0.354 e. The summed E-state index contributed by atoms with van der Waals surface area (Å²) in [7, 11) is -4.27. The van der Waals surface area contributed by atoms with Gasteiger partial charge in [0.05, 0.1) is 10.6 Å². The maximum atomic E-state index is 14.5. The van der Waals surface area contributed by atoms with Crippen molar-refractivity contribution >= 4 is 62.3 Å². The van der Waals surface area contributed by atoms with Gasteiger partial charge in [-0.2, -0.15) is 0 Å². The smallest absolute Gasteiger partial charge is 0.264 e. The van der Waals surface area contributed by atoms with Crippen LogP contribution in [0.15, 0.2) is 108 Å². The van der Waals surface area contributed by atoms with Crippen molar-refractivity contribution in [2.24, 2.45) is 5.92 Å². The molecule has 0 spiro atoms. The Morgan fingerprint density at radius 3 is 1.91 bits per heavy atom. The first-order valence-electron chi connectivity index (χ1n) is 14.3. The van der Waals surface area contributed by atoms with E-state index in [1.54, 1.807) is 42.5 Å². The summed E-state index contributed by atoms with van der Waals surface area (Å²) in [4.78, 5) is 29.7. The second-order valence-corrected chi connectivity index (χ2v) is 14.1. The molecule has 0 radical (unpaired) electrons. The van der Waals surface area contributed by atoms with E-state index in [4.69, 9.17) is 34.8 Å². The molecule has 0 aromatic heterocycles. The second-order valence-electron chi connectivity index (χ2n) is 10.9. The first-order chi connectivity index (χ1) is 21.4. The van der Waals surface area contributed by atoms with Gasteiger partial charge in [-0.05, 0) is 59.5 Å². The number of carbonyl (C=O) groups excluding carboxylic acids is 2. The Morgan fingerprint density at radius 2 is 1.33 bits per heavy atom. The molecule has 236 valence electrons. The Balaban J connectivity index is 1.81. The highest BCUT2D eigenvalue weighted by Crippen LogP contribution is 2.30. The first kappa shape index (κ1) is 34.3. The zero-order valence-electron chi connectivity index (χ0n) is 24.9. The lowest BCUT2D eigenvalue weighted by Gasteiger charge is -2.34. The summed E-state index contributed by atoms with van der Waals surface area (Å²) < 4.78 is 29.1. The summed E-state index contributed by atoms with van der Waals surface area (Å²) in [6.45, 7) is 3.77. The van der Waals surface area contributed by atoms with Gasteiger partial charge in [-0.15, -0.1) is 0 Å². The molecule has 2 amide bonds. The third-order valence-corrected chi connectivity index (χ3v) is 9.44. The number of hydrogen-bond donors (Lipinski definition) is 1. The topological polar surface area (TPSA) is 86.8 Å². The van der Waals surface area contributed by atoms with Gasteiger partial charge in [-0.25, -0.2) is 8.42 Å². The molecular weight excluding hydrogens is 653 g/mol. The van der Waals surface area contributed by atoms with E-state index in [1.165, 1.54) is 35.2 Å². The molecule has 1 N–H and O–H groups in total. The summed E-state index contributed by atoms with van der Waals surface area (Å²) in [6, 6.07) is 27.5. The molecule has 7 nitrogen and oxygen atoms in total. The van der Waals surface area contributed by atoms with Crippen LogP contribution in [0.5, 0.6) is 0 Å². The van der Waals surface area contributed by atoms with Crippen molar-refractivity contribution in [3.05, 3.63) is 129 Å². The van der Waals surface area contributed by atoms with Crippen LogP contribution in [0.25, 0.3) is 0 Å². The summed E-state index contributed by atoms with van der Waals surface area (Å²) in [5.74, 6) is -0.773. The third-order valence-electron chi connectivity index (χ3n) is 6.97. The zero-order chi connectivity index (χ0) is 32.6. The molecule has 4 rings (SSSR count). The van der Waals surface area contributed by atoms with Crippen LogP contribution in [0.2, 0.25) is 15.1 Å². The number of sulfonamides is 1. The molecular formula is C34H34Cl3N3O4S. The van der Waals surface area contributed by atoms with Crippen molar-refractivity contribution in [3.8, 4) is 0 Å². The van der Waals surface area contributed by atoms with Crippen molar-refractivity contribution in [3.63, 3.8) is 0 Å². The van der Waals surface area contributed by atoms with Crippen LogP contribution in [0.4, 0.5) is 5.69 Å². The van der Waals surface area contributed by atoms with Gasteiger partial charge < -0.3 is 10.2 Å². The number of amides is 2. The van der Waals surface area contributed by atoms with Gasteiger partial charge in [0.1, 0.15) is 12.6 Å². The molecule has 4 aromatic carbocycles. The Bertz CT molecular complexity index is 1680. The number of benzene rings is 4. The van der Waals surface area contributed by atoms with Gasteiger partial charge in [0.2, 0.25) is 11.8 Å². The monoisotopic (exact) mass is 685 g/mol. The predicted octanol–water partition coefficient (Wildman–Crippen LogP) is 7.25. The molecule has 1 atom stereocenters. The van der Waals surface area contributed by atoms with E-state index in [9.17, 15) is 18.0 Å². The minimum absolute atomic E-state index is 0.0198. The maximum Gasteiger partial charge on any atom is 0.264 e. The highest BCUT2D eigenvalue weighted by molar-refractivity contribution is 7.92. The van der Waals surface area contributed by atoms with Crippen LogP contribution in [-0.2, 0) is 32.6 Å². The highest BCUT2D eigenvalue weighted by atomic mass is 35.5. The molecule has 0 saturated carbocycles. The number of anilines is 1. The Morgan fingerprint density at radius 1 is 0.756 bits per heavy atom. The van der Waals surface area contributed by atoms with Crippen molar-refractivity contribution in [1.82, 2.24) is 10.2 Å². The fourth-order valence-electron chi connectivity index (χ4n) is 4.69. The quantitative estimate of drug-likeness (QED) is 0.161. The lowest BCUT2D eigenvalue weighted by Crippen LogP contribution is -2.53. The molecule has 0 bridgehead atoms. The van der Waals surface area contributed by atoms with Crippen LogP contribution in [-0.4, -0.2) is 44.3 Å². The maximum absolute atomic E-state index is 14.5.